The zero-order chi connectivity index (χ0) is 17.8. The van der Waals surface area contributed by atoms with E-state index in [1.165, 1.54) is 6.33 Å². The third-order valence-electron chi connectivity index (χ3n) is 4.38. The molecular weight excluding hydrogens is 322 g/mol. The average Bonchev–Trinajstić information content (AvgIpc) is 3.25. The smallest absolute Gasteiger partial charge is 0.249 e. The molecule has 0 aliphatic carbocycles. The first-order valence-electron chi connectivity index (χ1n) is 8.76. The van der Waals surface area contributed by atoms with Gasteiger partial charge in [0.1, 0.15) is 12.4 Å². The van der Waals surface area contributed by atoms with E-state index in [1.54, 1.807) is 0 Å². The van der Waals surface area contributed by atoms with Crippen molar-refractivity contribution < 1.29 is 9.32 Å². The van der Waals surface area contributed by atoms with Crippen molar-refractivity contribution >= 4 is 5.91 Å². The van der Waals surface area contributed by atoms with E-state index in [9.17, 15) is 4.79 Å². The highest BCUT2D eigenvalue weighted by Gasteiger charge is 2.29. The maximum absolute atomic E-state index is 12.7. The summed E-state index contributed by atoms with van der Waals surface area (Å²) in [5, 5.41) is 16.9. The molecule has 1 aliphatic rings. The molecule has 1 amide bonds. The maximum atomic E-state index is 12.7. The summed E-state index contributed by atoms with van der Waals surface area (Å²) in [6, 6.07) is 0.0522. The number of nitrogens with one attached hydrogen (secondary N) is 3. The van der Waals surface area contributed by atoms with E-state index in [2.05, 4.69) is 56.7 Å². The van der Waals surface area contributed by atoms with E-state index in [1.807, 2.05) is 0 Å². The minimum atomic E-state index is -0.304. The van der Waals surface area contributed by atoms with Crippen LogP contribution >= 0.6 is 0 Å². The van der Waals surface area contributed by atoms with Crippen LogP contribution in [-0.2, 0) is 4.79 Å². The lowest BCUT2D eigenvalue weighted by atomic mass is 9.92. The predicted molar refractivity (Wildman–Crippen MR) is 90.2 cm³/mol. The molecule has 1 fully saturated rings. The molecule has 3 atom stereocenters. The van der Waals surface area contributed by atoms with Crippen LogP contribution in [0, 0.1) is 11.8 Å². The van der Waals surface area contributed by atoms with E-state index in [0.717, 1.165) is 25.8 Å². The Labute approximate surface area is 146 Å². The van der Waals surface area contributed by atoms with Crippen LogP contribution in [0.25, 0.3) is 11.6 Å². The lowest BCUT2D eigenvalue weighted by Gasteiger charge is -2.28. The van der Waals surface area contributed by atoms with Crippen LogP contribution in [0.15, 0.2) is 10.9 Å². The average molecular weight is 347 g/mol. The molecule has 3 heterocycles. The number of rotatable bonds is 6. The minimum absolute atomic E-state index is 0.0163. The quantitative estimate of drug-likeness (QED) is 0.723. The van der Waals surface area contributed by atoms with Gasteiger partial charge in [0.2, 0.25) is 17.6 Å². The second-order valence-corrected chi connectivity index (χ2v) is 7.06. The number of nitrogens with zero attached hydrogens (tertiary/aromatic N) is 4. The molecule has 2 aromatic rings. The van der Waals surface area contributed by atoms with Gasteiger partial charge in [-0.15, -0.1) is 0 Å². The van der Waals surface area contributed by atoms with Gasteiger partial charge in [-0.3, -0.25) is 9.89 Å². The fourth-order valence-corrected chi connectivity index (χ4v) is 3.14. The molecule has 3 N–H and O–H groups in total. The Hall–Kier alpha value is -2.29. The van der Waals surface area contributed by atoms with Crippen LogP contribution < -0.4 is 10.6 Å². The summed E-state index contributed by atoms with van der Waals surface area (Å²) in [7, 11) is 0. The highest BCUT2D eigenvalue weighted by molar-refractivity contribution is 5.79. The Morgan fingerprint density at radius 3 is 3.00 bits per heavy atom. The van der Waals surface area contributed by atoms with Crippen molar-refractivity contribution in [2.75, 3.05) is 6.54 Å². The number of H-pyrrole nitrogens is 1. The SMILES string of the molecule is CC(C)CC(NC(=O)[C@H]1CCN[C@@H](C)C1)c1nc(-c2ncn[nH]2)no1. The summed E-state index contributed by atoms with van der Waals surface area (Å²) in [5.41, 5.74) is 0. The third kappa shape index (κ3) is 4.41. The monoisotopic (exact) mass is 347 g/mol. The molecular formula is C16H25N7O2. The van der Waals surface area contributed by atoms with Crippen LogP contribution in [-0.4, -0.2) is 43.8 Å². The standard InChI is InChI=1S/C16H25N7O2/c1-9(2)6-12(20-15(24)11-4-5-17-10(3)7-11)16-21-14(23-25-16)13-18-8-19-22-13/h8-12,17H,4-7H2,1-3H3,(H,20,24)(H,18,19,22)/t10-,11-,12?/m0/s1. The highest BCUT2D eigenvalue weighted by atomic mass is 16.5. The molecule has 1 unspecified atom stereocenters. The number of carbonyl (C=O) groups excluding carboxylic acids is 1. The fraction of sp³-hybridized carbons (Fsp3) is 0.688. The summed E-state index contributed by atoms with van der Waals surface area (Å²) < 4.78 is 5.38. The summed E-state index contributed by atoms with van der Waals surface area (Å²) in [4.78, 5) is 21.1. The molecule has 0 aromatic carbocycles. The largest absolute Gasteiger partial charge is 0.344 e. The second-order valence-electron chi connectivity index (χ2n) is 7.06. The minimum Gasteiger partial charge on any atom is -0.344 e. The van der Waals surface area contributed by atoms with Crippen molar-refractivity contribution in [1.29, 1.82) is 0 Å². The molecule has 9 heteroatoms. The lowest BCUT2D eigenvalue weighted by molar-refractivity contribution is -0.127. The normalized spacial score (nSPS) is 22.1. The van der Waals surface area contributed by atoms with Crippen molar-refractivity contribution in [3.8, 4) is 11.6 Å². The zero-order valence-corrected chi connectivity index (χ0v) is 14.8. The van der Waals surface area contributed by atoms with Crippen molar-refractivity contribution in [2.45, 2.75) is 52.1 Å². The molecule has 25 heavy (non-hydrogen) atoms. The Kier molecular flexibility index (Phi) is 5.42. The van der Waals surface area contributed by atoms with E-state index < -0.39 is 0 Å². The Balaban J connectivity index is 1.72. The molecule has 1 saturated heterocycles. The van der Waals surface area contributed by atoms with E-state index in [0.29, 0.717) is 29.5 Å². The van der Waals surface area contributed by atoms with Crippen LogP contribution in [0.2, 0.25) is 0 Å². The third-order valence-corrected chi connectivity index (χ3v) is 4.38. The molecule has 9 nitrogen and oxygen atoms in total. The van der Waals surface area contributed by atoms with E-state index in [4.69, 9.17) is 4.52 Å². The molecule has 0 spiro atoms. The van der Waals surface area contributed by atoms with Crippen LogP contribution in [0.4, 0.5) is 0 Å². The van der Waals surface area contributed by atoms with Crippen molar-refractivity contribution in [3.63, 3.8) is 0 Å². The number of piperidine rings is 1. The van der Waals surface area contributed by atoms with Crippen LogP contribution in [0.5, 0.6) is 0 Å². The number of aromatic nitrogens is 5. The molecule has 3 rings (SSSR count). The maximum Gasteiger partial charge on any atom is 0.249 e. The number of carbonyl (C=O) groups is 1. The first-order chi connectivity index (χ1) is 12.0. The second kappa shape index (κ2) is 7.73. The Bertz CT molecular complexity index is 682. The van der Waals surface area contributed by atoms with Crippen molar-refractivity contribution in [1.82, 2.24) is 36.0 Å². The summed E-state index contributed by atoms with van der Waals surface area (Å²) in [6.45, 7) is 7.16. The molecule has 0 radical (unpaired) electrons. The molecule has 2 aromatic heterocycles. The molecule has 1 aliphatic heterocycles. The summed E-state index contributed by atoms with van der Waals surface area (Å²) >= 11 is 0. The fourth-order valence-electron chi connectivity index (χ4n) is 3.14. The zero-order valence-electron chi connectivity index (χ0n) is 14.8. The van der Waals surface area contributed by atoms with Gasteiger partial charge in [0.15, 0.2) is 5.82 Å². The number of hydrogen-bond acceptors (Lipinski definition) is 7. The van der Waals surface area contributed by atoms with Gasteiger partial charge in [-0.05, 0) is 38.6 Å². The van der Waals surface area contributed by atoms with Crippen LogP contribution in [0.1, 0.15) is 52.0 Å². The Morgan fingerprint density at radius 1 is 1.48 bits per heavy atom. The molecule has 0 saturated carbocycles. The number of amides is 1. The van der Waals surface area contributed by atoms with Gasteiger partial charge in [0.05, 0.1) is 0 Å². The van der Waals surface area contributed by atoms with Gasteiger partial charge < -0.3 is 15.2 Å². The van der Waals surface area contributed by atoms with Gasteiger partial charge in [-0.25, -0.2) is 4.98 Å². The van der Waals surface area contributed by atoms with Gasteiger partial charge >= 0.3 is 0 Å². The topological polar surface area (TPSA) is 122 Å². The van der Waals surface area contributed by atoms with Crippen LogP contribution in [0.3, 0.4) is 0 Å². The van der Waals surface area contributed by atoms with Gasteiger partial charge in [0.25, 0.3) is 0 Å². The Morgan fingerprint density at radius 2 is 2.32 bits per heavy atom. The summed E-state index contributed by atoms with van der Waals surface area (Å²) in [5.74, 6) is 1.62. The van der Waals surface area contributed by atoms with E-state index in [-0.39, 0.29) is 17.9 Å². The predicted octanol–water partition coefficient (Wildman–Crippen LogP) is 1.45. The lowest BCUT2D eigenvalue weighted by Crippen LogP contribution is -2.43. The summed E-state index contributed by atoms with van der Waals surface area (Å²) in [6.07, 6.45) is 3.80. The van der Waals surface area contributed by atoms with Crippen molar-refractivity contribution in [2.24, 2.45) is 11.8 Å². The molecule has 0 bridgehead atoms. The first-order valence-corrected chi connectivity index (χ1v) is 8.76. The van der Waals surface area contributed by atoms with Crippen molar-refractivity contribution in [3.05, 3.63) is 12.2 Å². The number of aromatic amines is 1. The van der Waals surface area contributed by atoms with Gasteiger partial charge in [-0.1, -0.05) is 19.0 Å². The first kappa shape index (κ1) is 17.5. The van der Waals surface area contributed by atoms with Gasteiger partial charge in [0, 0.05) is 12.0 Å². The number of hydrogen-bond donors (Lipinski definition) is 3. The van der Waals surface area contributed by atoms with E-state index >= 15 is 0 Å². The highest BCUT2D eigenvalue weighted by Crippen LogP contribution is 2.24. The van der Waals surface area contributed by atoms with Gasteiger partial charge in [-0.2, -0.15) is 10.1 Å². The molecule has 136 valence electrons.